The average Bonchev–Trinajstić information content (AvgIpc) is 2.48. The van der Waals surface area contributed by atoms with Crippen LogP contribution < -0.4 is 0 Å². The van der Waals surface area contributed by atoms with Crippen molar-refractivity contribution in [1.82, 2.24) is 0 Å². The largest absolute Gasteiger partial charge is 0.198 e. The van der Waals surface area contributed by atoms with Crippen molar-refractivity contribution in [1.29, 1.82) is 5.26 Å². The fourth-order valence-electron chi connectivity index (χ4n) is 3.12. The highest BCUT2D eigenvalue weighted by atomic mass is 14.4. The maximum atomic E-state index is 8.52. The zero-order valence-corrected chi connectivity index (χ0v) is 7.63. The number of rotatable bonds is 2. The molecule has 0 radical (unpaired) electrons. The second-order valence-corrected chi connectivity index (χ2v) is 4.47. The minimum absolute atomic E-state index is 0.784. The molecule has 0 N–H and O–H groups in total. The Balaban J connectivity index is 1.86. The fourth-order valence-corrected chi connectivity index (χ4v) is 3.12. The summed E-state index contributed by atoms with van der Waals surface area (Å²) in [5, 5.41) is 8.52. The molecule has 0 aromatic heterocycles. The Morgan fingerprint density at radius 2 is 2.00 bits per heavy atom. The van der Waals surface area contributed by atoms with Crippen molar-refractivity contribution in [2.75, 3.05) is 0 Å². The lowest BCUT2D eigenvalue weighted by Gasteiger charge is -2.27. The molecule has 2 aliphatic carbocycles. The van der Waals surface area contributed by atoms with Crippen LogP contribution in [0.3, 0.4) is 0 Å². The summed E-state index contributed by atoms with van der Waals surface area (Å²) in [5.74, 6) is 2.97. The molecule has 2 bridgehead atoms. The summed E-state index contributed by atoms with van der Waals surface area (Å²) in [6, 6.07) is 2.27. The van der Waals surface area contributed by atoms with Crippen molar-refractivity contribution >= 4 is 0 Å². The summed E-state index contributed by atoms with van der Waals surface area (Å²) in [6.45, 7) is 0. The third kappa shape index (κ3) is 1.48. The molecule has 0 spiro atoms. The van der Waals surface area contributed by atoms with E-state index in [-0.39, 0.29) is 0 Å². The summed E-state index contributed by atoms with van der Waals surface area (Å²) < 4.78 is 0. The Bertz CT molecular complexity index is 192. The molecule has 2 aliphatic rings. The lowest BCUT2D eigenvalue weighted by molar-refractivity contribution is 0.235. The van der Waals surface area contributed by atoms with Crippen LogP contribution in [0.5, 0.6) is 0 Å². The van der Waals surface area contributed by atoms with E-state index in [4.69, 9.17) is 5.26 Å². The van der Waals surface area contributed by atoms with E-state index in [2.05, 4.69) is 6.07 Å². The van der Waals surface area contributed by atoms with Gasteiger partial charge in [0.15, 0.2) is 0 Å². The van der Waals surface area contributed by atoms with Crippen LogP contribution in [-0.2, 0) is 0 Å². The topological polar surface area (TPSA) is 23.8 Å². The zero-order chi connectivity index (χ0) is 8.39. The average molecular weight is 163 g/mol. The second kappa shape index (κ2) is 3.47. The van der Waals surface area contributed by atoms with Crippen molar-refractivity contribution in [2.24, 2.45) is 17.8 Å². The van der Waals surface area contributed by atoms with Gasteiger partial charge < -0.3 is 0 Å². The lowest BCUT2D eigenvalue weighted by Crippen LogP contribution is -2.17. The van der Waals surface area contributed by atoms with Crippen LogP contribution >= 0.6 is 0 Å². The predicted octanol–water partition coefficient (Wildman–Crippen LogP) is 3.12. The molecule has 2 fully saturated rings. The van der Waals surface area contributed by atoms with Gasteiger partial charge in [0.2, 0.25) is 0 Å². The van der Waals surface area contributed by atoms with Gasteiger partial charge in [-0.05, 0) is 43.4 Å². The summed E-state index contributed by atoms with van der Waals surface area (Å²) in [5.41, 5.74) is 0. The Hall–Kier alpha value is -0.510. The second-order valence-electron chi connectivity index (χ2n) is 4.47. The maximum Gasteiger partial charge on any atom is 0.0621 e. The van der Waals surface area contributed by atoms with Crippen molar-refractivity contribution in [3.8, 4) is 6.07 Å². The quantitative estimate of drug-likeness (QED) is 0.613. The number of hydrogen-bond donors (Lipinski definition) is 0. The summed E-state index contributed by atoms with van der Waals surface area (Å²) in [7, 11) is 0. The lowest BCUT2D eigenvalue weighted by atomic mass is 9.78. The monoisotopic (exact) mass is 163 g/mol. The Morgan fingerprint density at radius 3 is 2.83 bits per heavy atom. The first-order valence-electron chi connectivity index (χ1n) is 5.27. The van der Waals surface area contributed by atoms with E-state index in [0.29, 0.717) is 0 Å². The summed E-state index contributed by atoms with van der Waals surface area (Å²) in [6.07, 6.45) is 9.24. The standard InChI is InChI=1S/C11H17N/c12-7-1-2-10-5-3-9-4-6-11(10)8-9/h9-11H,1-6,8H2. The van der Waals surface area contributed by atoms with Gasteiger partial charge >= 0.3 is 0 Å². The van der Waals surface area contributed by atoms with Crippen LogP contribution in [0.4, 0.5) is 0 Å². The van der Waals surface area contributed by atoms with Gasteiger partial charge in [0.05, 0.1) is 6.07 Å². The van der Waals surface area contributed by atoms with Gasteiger partial charge in [0, 0.05) is 6.42 Å². The smallest absolute Gasteiger partial charge is 0.0621 e. The molecule has 1 heteroatoms. The van der Waals surface area contributed by atoms with Crippen LogP contribution in [0, 0.1) is 29.1 Å². The van der Waals surface area contributed by atoms with Crippen molar-refractivity contribution < 1.29 is 0 Å². The molecule has 3 unspecified atom stereocenters. The van der Waals surface area contributed by atoms with Gasteiger partial charge in [-0.3, -0.25) is 0 Å². The van der Waals surface area contributed by atoms with Gasteiger partial charge in [0.25, 0.3) is 0 Å². The first-order chi connectivity index (χ1) is 5.90. The number of fused-ring (bicyclic) bond motifs is 2. The molecule has 0 aromatic carbocycles. The zero-order valence-electron chi connectivity index (χ0n) is 7.63. The molecule has 2 saturated carbocycles. The van der Waals surface area contributed by atoms with Crippen LogP contribution in [0.1, 0.15) is 44.9 Å². The number of nitrogens with zero attached hydrogens (tertiary/aromatic N) is 1. The molecule has 3 atom stereocenters. The predicted molar refractivity (Wildman–Crippen MR) is 48.4 cm³/mol. The Morgan fingerprint density at radius 1 is 1.17 bits per heavy atom. The summed E-state index contributed by atoms with van der Waals surface area (Å²) >= 11 is 0. The minimum Gasteiger partial charge on any atom is -0.198 e. The third-order valence-electron chi connectivity index (χ3n) is 3.82. The van der Waals surface area contributed by atoms with Gasteiger partial charge in [-0.25, -0.2) is 0 Å². The van der Waals surface area contributed by atoms with Crippen LogP contribution in [0.2, 0.25) is 0 Å². The molecule has 0 aromatic rings. The van der Waals surface area contributed by atoms with E-state index < -0.39 is 0 Å². The third-order valence-corrected chi connectivity index (χ3v) is 3.82. The fraction of sp³-hybridized carbons (Fsp3) is 0.909. The van der Waals surface area contributed by atoms with E-state index in [0.717, 1.165) is 24.2 Å². The molecule has 12 heavy (non-hydrogen) atoms. The molecular formula is C11H17N. The molecule has 1 nitrogen and oxygen atoms in total. The van der Waals surface area contributed by atoms with Crippen molar-refractivity contribution in [3.63, 3.8) is 0 Å². The van der Waals surface area contributed by atoms with Crippen molar-refractivity contribution in [2.45, 2.75) is 44.9 Å². The highest BCUT2D eigenvalue weighted by Crippen LogP contribution is 2.46. The molecule has 0 aliphatic heterocycles. The van der Waals surface area contributed by atoms with E-state index in [1.54, 1.807) is 0 Å². The van der Waals surface area contributed by atoms with Crippen LogP contribution in [0.25, 0.3) is 0 Å². The molecule has 66 valence electrons. The van der Waals surface area contributed by atoms with Crippen LogP contribution in [-0.4, -0.2) is 0 Å². The van der Waals surface area contributed by atoms with Gasteiger partial charge in [-0.15, -0.1) is 0 Å². The molecule has 0 heterocycles. The highest BCUT2D eigenvalue weighted by molar-refractivity contribution is 4.87. The highest BCUT2D eigenvalue weighted by Gasteiger charge is 2.34. The number of nitriles is 1. The maximum absolute atomic E-state index is 8.52. The molecule has 2 rings (SSSR count). The van der Waals surface area contributed by atoms with E-state index in [1.165, 1.54) is 38.5 Å². The summed E-state index contributed by atoms with van der Waals surface area (Å²) in [4.78, 5) is 0. The molecular weight excluding hydrogens is 146 g/mol. The van der Waals surface area contributed by atoms with Gasteiger partial charge in [0.1, 0.15) is 0 Å². The Labute approximate surface area is 74.8 Å². The first kappa shape index (κ1) is 8.10. The normalized spacial score (nSPS) is 39.4. The molecule has 0 amide bonds. The minimum atomic E-state index is 0.784. The Kier molecular flexibility index (Phi) is 2.35. The SMILES string of the molecule is N#CCCC1CCC2CCC1C2. The molecule has 0 saturated heterocycles. The van der Waals surface area contributed by atoms with Crippen molar-refractivity contribution in [3.05, 3.63) is 0 Å². The first-order valence-corrected chi connectivity index (χ1v) is 5.27. The van der Waals surface area contributed by atoms with E-state index >= 15 is 0 Å². The van der Waals surface area contributed by atoms with Crippen LogP contribution in [0.15, 0.2) is 0 Å². The number of hydrogen-bond acceptors (Lipinski definition) is 1. The van der Waals surface area contributed by atoms with Gasteiger partial charge in [-0.2, -0.15) is 5.26 Å². The van der Waals surface area contributed by atoms with E-state index in [9.17, 15) is 0 Å². The van der Waals surface area contributed by atoms with Gasteiger partial charge in [-0.1, -0.05) is 12.8 Å². The van der Waals surface area contributed by atoms with E-state index in [1.807, 2.05) is 0 Å².